The van der Waals surface area contributed by atoms with Crippen molar-refractivity contribution in [1.82, 2.24) is 9.97 Å². The molecule has 110 valence electrons. The Morgan fingerprint density at radius 3 is 2.95 bits per heavy atom. The van der Waals surface area contributed by atoms with Gasteiger partial charge in [-0.3, -0.25) is 0 Å². The summed E-state index contributed by atoms with van der Waals surface area (Å²) >= 11 is 0. The maximum Gasteiger partial charge on any atom is 0.335 e. The molecule has 0 aliphatic carbocycles. The van der Waals surface area contributed by atoms with E-state index >= 15 is 0 Å². The minimum Gasteiger partial charge on any atom is -0.478 e. The normalized spacial score (nSPS) is 22.5. The van der Waals surface area contributed by atoms with Crippen LogP contribution in [0.3, 0.4) is 0 Å². The molecule has 2 heterocycles. The van der Waals surface area contributed by atoms with Gasteiger partial charge < -0.3 is 14.7 Å². The first kappa shape index (κ1) is 13.8. The zero-order chi connectivity index (χ0) is 15.0. The molecule has 0 radical (unpaired) electrons. The predicted octanol–water partition coefficient (Wildman–Crippen LogP) is 1.94. The molecule has 2 unspecified atom stereocenters. The summed E-state index contributed by atoms with van der Waals surface area (Å²) in [6, 6.07) is 5.17. The number of hydrogen-bond acceptors (Lipinski definition) is 5. The largest absolute Gasteiger partial charge is 0.478 e. The number of aromatic nitrogens is 2. The summed E-state index contributed by atoms with van der Waals surface area (Å²) in [5.74, 6) is -0.120. The van der Waals surface area contributed by atoms with Crippen LogP contribution in [-0.2, 0) is 4.74 Å². The van der Waals surface area contributed by atoms with Gasteiger partial charge in [0.05, 0.1) is 29.8 Å². The SMILES string of the molecule is CC1CN(c2ncnc3cc(C(=O)O)ccc23)C(C)CO1. The minimum absolute atomic E-state index is 0.143. The summed E-state index contributed by atoms with van der Waals surface area (Å²) in [6.45, 7) is 5.53. The van der Waals surface area contributed by atoms with E-state index in [1.165, 1.54) is 6.33 Å². The van der Waals surface area contributed by atoms with E-state index in [9.17, 15) is 4.79 Å². The van der Waals surface area contributed by atoms with Gasteiger partial charge in [0.25, 0.3) is 0 Å². The highest BCUT2D eigenvalue weighted by Gasteiger charge is 2.26. The number of nitrogens with zero attached hydrogens (tertiary/aromatic N) is 3. The number of carboxylic acids is 1. The Hall–Kier alpha value is -2.21. The second-order valence-corrected chi connectivity index (χ2v) is 5.38. The van der Waals surface area contributed by atoms with Gasteiger partial charge in [0.2, 0.25) is 0 Å². The molecule has 1 aromatic carbocycles. The quantitative estimate of drug-likeness (QED) is 0.909. The van der Waals surface area contributed by atoms with E-state index < -0.39 is 5.97 Å². The van der Waals surface area contributed by atoms with E-state index in [1.807, 2.05) is 6.92 Å². The van der Waals surface area contributed by atoms with Crippen LogP contribution in [0, 0.1) is 0 Å². The van der Waals surface area contributed by atoms with Crippen molar-refractivity contribution in [2.45, 2.75) is 26.0 Å². The van der Waals surface area contributed by atoms with Crippen LogP contribution >= 0.6 is 0 Å². The molecule has 0 saturated carbocycles. The number of aromatic carboxylic acids is 1. The molecule has 0 amide bonds. The highest BCUT2D eigenvalue weighted by atomic mass is 16.5. The van der Waals surface area contributed by atoms with Crippen LogP contribution in [0.25, 0.3) is 10.9 Å². The zero-order valence-corrected chi connectivity index (χ0v) is 12.0. The lowest BCUT2D eigenvalue weighted by molar-refractivity contribution is 0.0341. The van der Waals surface area contributed by atoms with Gasteiger partial charge in [-0.2, -0.15) is 0 Å². The van der Waals surface area contributed by atoms with Crippen molar-refractivity contribution in [3.05, 3.63) is 30.1 Å². The monoisotopic (exact) mass is 287 g/mol. The Morgan fingerprint density at radius 1 is 1.38 bits per heavy atom. The second-order valence-electron chi connectivity index (χ2n) is 5.38. The molecule has 1 fully saturated rings. The third-order valence-electron chi connectivity index (χ3n) is 3.74. The number of morpholine rings is 1. The fourth-order valence-corrected chi connectivity index (χ4v) is 2.60. The number of carboxylic acid groups (broad SMARTS) is 1. The summed E-state index contributed by atoms with van der Waals surface area (Å²) in [5, 5.41) is 9.93. The van der Waals surface area contributed by atoms with Crippen LogP contribution < -0.4 is 4.90 Å². The average molecular weight is 287 g/mol. The molecule has 2 aromatic rings. The minimum atomic E-state index is -0.953. The Morgan fingerprint density at radius 2 is 2.19 bits per heavy atom. The first-order chi connectivity index (χ1) is 10.1. The Kier molecular flexibility index (Phi) is 3.47. The second kappa shape index (κ2) is 5.29. The van der Waals surface area contributed by atoms with Gasteiger partial charge >= 0.3 is 5.97 Å². The molecule has 6 heteroatoms. The highest BCUT2D eigenvalue weighted by Crippen LogP contribution is 2.27. The number of rotatable bonds is 2. The summed E-state index contributed by atoms with van der Waals surface area (Å²) in [6.07, 6.45) is 1.63. The van der Waals surface area contributed by atoms with Crippen molar-refractivity contribution < 1.29 is 14.6 Å². The van der Waals surface area contributed by atoms with E-state index in [-0.39, 0.29) is 17.7 Å². The van der Waals surface area contributed by atoms with Crippen LogP contribution in [0.2, 0.25) is 0 Å². The van der Waals surface area contributed by atoms with Crippen LogP contribution in [-0.4, -0.2) is 46.3 Å². The lowest BCUT2D eigenvalue weighted by atomic mass is 10.1. The van der Waals surface area contributed by atoms with Crippen molar-refractivity contribution in [3.8, 4) is 0 Å². The molecule has 0 bridgehead atoms. The molecule has 1 aliphatic heterocycles. The van der Waals surface area contributed by atoms with Crippen LogP contribution in [0.15, 0.2) is 24.5 Å². The number of hydrogen-bond donors (Lipinski definition) is 1. The third kappa shape index (κ3) is 2.54. The van der Waals surface area contributed by atoms with Gasteiger partial charge in [-0.1, -0.05) is 0 Å². The fraction of sp³-hybridized carbons (Fsp3) is 0.400. The van der Waals surface area contributed by atoms with Gasteiger partial charge in [0.15, 0.2) is 0 Å². The molecule has 0 spiro atoms. The molecule has 21 heavy (non-hydrogen) atoms. The van der Waals surface area contributed by atoms with Gasteiger partial charge in [-0.15, -0.1) is 0 Å². The van der Waals surface area contributed by atoms with E-state index in [2.05, 4.69) is 21.8 Å². The van der Waals surface area contributed by atoms with Crippen molar-refractivity contribution in [1.29, 1.82) is 0 Å². The molecule has 6 nitrogen and oxygen atoms in total. The summed E-state index contributed by atoms with van der Waals surface area (Å²) < 4.78 is 5.64. The van der Waals surface area contributed by atoms with Crippen molar-refractivity contribution in [2.75, 3.05) is 18.1 Å². The third-order valence-corrected chi connectivity index (χ3v) is 3.74. The first-order valence-corrected chi connectivity index (χ1v) is 6.92. The van der Waals surface area contributed by atoms with Crippen LogP contribution in [0.5, 0.6) is 0 Å². The molecule has 1 N–H and O–H groups in total. The first-order valence-electron chi connectivity index (χ1n) is 6.92. The number of benzene rings is 1. The molecule has 2 atom stereocenters. The van der Waals surface area contributed by atoms with Crippen LogP contribution in [0.4, 0.5) is 5.82 Å². The standard InChI is InChI=1S/C15H17N3O3/c1-9-7-21-10(2)6-18(9)14-12-4-3-11(15(19)20)5-13(12)16-8-17-14/h3-5,8-10H,6-7H2,1-2H3,(H,19,20). The molecular weight excluding hydrogens is 270 g/mol. The summed E-state index contributed by atoms with van der Waals surface area (Å²) in [5.41, 5.74) is 0.877. The molecule has 1 aliphatic rings. The van der Waals surface area contributed by atoms with Crippen molar-refractivity contribution in [3.63, 3.8) is 0 Å². The summed E-state index contributed by atoms with van der Waals surface area (Å²) in [4.78, 5) is 21.8. The van der Waals surface area contributed by atoms with Crippen molar-refractivity contribution in [2.24, 2.45) is 0 Å². The average Bonchev–Trinajstić information content (AvgIpc) is 2.48. The van der Waals surface area contributed by atoms with Crippen LogP contribution in [0.1, 0.15) is 24.2 Å². The van der Waals surface area contributed by atoms with Crippen molar-refractivity contribution >= 4 is 22.7 Å². The molecule has 1 saturated heterocycles. The zero-order valence-electron chi connectivity index (χ0n) is 12.0. The number of fused-ring (bicyclic) bond motifs is 1. The Balaban J connectivity index is 2.08. The van der Waals surface area contributed by atoms with Gasteiger partial charge in [-0.05, 0) is 32.0 Å². The molecule has 3 rings (SSSR count). The molecule has 1 aromatic heterocycles. The van der Waals surface area contributed by atoms with E-state index in [0.717, 1.165) is 17.7 Å². The lowest BCUT2D eigenvalue weighted by Gasteiger charge is -2.38. The van der Waals surface area contributed by atoms with E-state index in [1.54, 1.807) is 18.2 Å². The highest BCUT2D eigenvalue weighted by molar-refractivity contribution is 5.96. The number of anilines is 1. The maximum atomic E-state index is 11.1. The van der Waals surface area contributed by atoms with Gasteiger partial charge in [0.1, 0.15) is 12.1 Å². The topological polar surface area (TPSA) is 75.6 Å². The van der Waals surface area contributed by atoms with Gasteiger partial charge in [-0.25, -0.2) is 14.8 Å². The lowest BCUT2D eigenvalue weighted by Crippen LogP contribution is -2.47. The molecular formula is C15H17N3O3. The fourth-order valence-electron chi connectivity index (χ4n) is 2.60. The summed E-state index contributed by atoms with van der Waals surface area (Å²) in [7, 11) is 0. The maximum absolute atomic E-state index is 11.1. The van der Waals surface area contributed by atoms with E-state index in [0.29, 0.717) is 12.1 Å². The number of ether oxygens (including phenoxy) is 1. The number of carbonyl (C=O) groups is 1. The smallest absolute Gasteiger partial charge is 0.335 e. The Bertz CT molecular complexity index is 689. The Labute approximate surface area is 122 Å². The van der Waals surface area contributed by atoms with Gasteiger partial charge in [0, 0.05) is 11.9 Å². The van der Waals surface area contributed by atoms with E-state index in [4.69, 9.17) is 9.84 Å². The predicted molar refractivity (Wildman–Crippen MR) is 78.7 cm³/mol.